The van der Waals surface area contributed by atoms with Gasteiger partial charge in [-0.1, -0.05) is 35.5 Å². The molecule has 5 nitrogen and oxygen atoms in total. The molecule has 1 N–H and O–H groups in total. The van der Waals surface area contributed by atoms with Crippen LogP contribution in [0.1, 0.15) is 5.56 Å². The molecule has 0 atom stereocenters. The van der Waals surface area contributed by atoms with Gasteiger partial charge in [-0.3, -0.25) is 4.79 Å². The van der Waals surface area contributed by atoms with Crippen molar-refractivity contribution in [3.63, 3.8) is 0 Å². The molecule has 2 aromatic rings. The molecule has 0 aliphatic rings. The van der Waals surface area contributed by atoms with Crippen LogP contribution < -0.4 is 5.32 Å². The van der Waals surface area contributed by atoms with E-state index in [4.69, 9.17) is 0 Å². The fraction of sp³-hybridized carbons (Fsp3) is 0.312. The van der Waals surface area contributed by atoms with Gasteiger partial charge in [0.2, 0.25) is 5.91 Å². The van der Waals surface area contributed by atoms with Gasteiger partial charge < -0.3 is 9.88 Å². The number of nitrogens with one attached hydrogen (secondary N) is 1. The lowest BCUT2D eigenvalue weighted by Gasteiger charge is -2.06. The van der Waals surface area contributed by atoms with Crippen molar-refractivity contribution in [2.45, 2.75) is 23.5 Å². The largest absolute Gasteiger partial charge is 0.355 e. The standard InChI is InChI=1S/C16H20N4OS2/c1-3-9-20-12-18-19-16(20)23-11-15(21)17-8-10-22-14-6-4-13(2)5-7-14/h3-7,12H,1,8-11H2,2H3,(H,17,21). The highest BCUT2D eigenvalue weighted by molar-refractivity contribution is 7.99. The van der Waals surface area contributed by atoms with Gasteiger partial charge >= 0.3 is 0 Å². The summed E-state index contributed by atoms with van der Waals surface area (Å²) in [5, 5.41) is 11.5. The van der Waals surface area contributed by atoms with Crippen molar-refractivity contribution in [1.82, 2.24) is 20.1 Å². The Morgan fingerprint density at radius 3 is 2.87 bits per heavy atom. The second-order valence-electron chi connectivity index (χ2n) is 4.85. The maximum absolute atomic E-state index is 11.8. The SMILES string of the molecule is C=CCn1cnnc1SCC(=O)NCCSc1ccc(C)cc1. The maximum atomic E-state index is 11.8. The predicted molar refractivity (Wildman–Crippen MR) is 95.9 cm³/mol. The predicted octanol–water partition coefficient (Wildman–Crippen LogP) is 2.77. The fourth-order valence-corrected chi connectivity index (χ4v) is 3.32. The van der Waals surface area contributed by atoms with Crippen LogP contribution in [-0.2, 0) is 11.3 Å². The lowest BCUT2D eigenvalue weighted by Crippen LogP contribution is -2.27. The molecule has 0 saturated heterocycles. The number of benzene rings is 1. The zero-order chi connectivity index (χ0) is 16.5. The summed E-state index contributed by atoms with van der Waals surface area (Å²) in [5.41, 5.74) is 1.25. The van der Waals surface area contributed by atoms with Crippen LogP contribution in [0.15, 0.2) is 53.3 Å². The molecule has 23 heavy (non-hydrogen) atoms. The van der Waals surface area contributed by atoms with Crippen LogP contribution >= 0.6 is 23.5 Å². The average Bonchev–Trinajstić information content (AvgIpc) is 2.99. The molecule has 1 heterocycles. The van der Waals surface area contributed by atoms with Crippen molar-refractivity contribution >= 4 is 29.4 Å². The minimum atomic E-state index is 0.00709. The van der Waals surface area contributed by atoms with E-state index in [9.17, 15) is 4.79 Å². The minimum Gasteiger partial charge on any atom is -0.355 e. The summed E-state index contributed by atoms with van der Waals surface area (Å²) in [5.74, 6) is 1.20. The number of rotatable bonds is 9. The highest BCUT2D eigenvalue weighted by atomic mass is 32.2. The fourth-order valence-electron chi connectivity index (χ4n) is 1.80. The third-order valence-corrected chi connectivity index (χ3v) is 4.95. The van der Waals surface area contributed by atoms with Crippen LogP contribution in [0.3, 0.4) is 0 Å². The van der Waals surface area contributed by atoms with E-state index in [1.54, 1.807) is 24.2 Å². The van der Waals surface area contributed by atoms with Gasteiger partial charge in [-0.15, -0.1) is 28.5 Å². The number of allylic oxidation sites excluding steroid dienone is 1. The highest BCUT2D eigenvalue weighted by Gasteiger charge is 2.07. The number of hydrogen-bond acceptors (Lipinski definition) is 5. The van der Waals surface area contributed by atoms with Crippen LogP contribution in [0.5, 0.6) is 0 Å². The Morgan fingerprint density at radius 2 is 2.13 bits per heavy atom. The van der Waals surface area contributed by atoms with Gasteiger partial charge in [0.15, 0.2) is 5.16 Å². The number of aromatic nitrogens is 3. The number of amides is 1. The van der Waals surface area contributed by atoms with Crippen LogP contribution in [0, 0.1) is 6.92 Å². The van der Waals surface area contributed by atoms with Gasteiger partial charge in [0, 0.05) is 23.7 Å². The first-order valence-corrected chi connectivity index (χ1v) is 9.24. The summed E-state index contributed by atoms with van der Waals surface area (Å²) in [6.45, 7) is 7.05. The van der Waals surface area contributed by atoms with E-state index >= 15 is 0 Å². The zero-order valence-electron chi connectivity index (χ0n) is 13.1. The number of carbonyl (C=O) groups is 1. The first-order valence-electron chi connectivity index (χ1n) is 7.26. The Balaban J connectivity index is 1.64. The molecule has 0 aliphatic carbocycles. The second-order valence-corrected chi connectivity index (χ2v) is 6.97. The van der Waals surface area contributed by atoms with E-state index in [2.05, 4.69) is 53.3 Å². The van der Waals surface area contributed by atoms with E-state index in [1.807, 2.05) is 4.57 Å². The summed E-state index contributed by atoms with van der Waals surface area (Å²) >= 11 is 3.12. The topological polar surface area (TPSA) is 59.8 Å². The summed E-state index contributed by atoms with van der Waals surface area (Å²) in [4.78, 5) is 13.1. The van der Waals surface area contributed by atoms with Gasteiger partial charge in [0.05, 0.1) is 5.75 Å². The molecule has 0 spiro atoms. The highest BCUT2D eigenvalue weighted by Crippen LogP contribution is 2.17. The Labute approximate surface area is 145 Å². The smallest absolute Gasteiger partial charge is 0.230 e. The molecule has 2 rings (SSSR count). The van der Waals surface area contributed by atoms with E-state index in [-0.39, 0.29) is 5.91 Å². The number of carbonyl (C=O) groups excluding carboxylic acids is 1. The number of nitrogens with zero attached hydrogens (tertiary/aromatic N) is 3. The third kappa shape index (κ3) is 6.11. The molecule has 0 radical (unpaired) electrons. The van der Waals surface area contributed by atoms with Crippen molar-refractivity contribution in [1.29, 1.82) is 0 Å². The van der Waals surface area contributed by atoms with Crippen molar-refractivity contribution < 1.29 is 4.79 Å². The Morgan fingerprint density at radius 1 is 1.35 bits per heavy atom. The van der Waals surface area contributed by atoms with E-state index < -0.39 is 0 Å². The van der Waals surface area contributed by atoms with Gasteiger partial charge in [-0.25, -0.2) is 0 Å². The molecule has 1 aromatic heterocycles. The summed E-state index contributed by atoms with van der Waals surface area (Å²) in [6, 6.07) is 8.39. The van der Waals surface area contributed by atoms with E-state index in [1.165, 1.54) is 22.2 Å². The average molecular weight is 348 g/mol. The van der Waals surface area contributed by atoms with Crippen molar-refractivity contribution in [2.24, 2.45) is 0 Å². The molecular weight excluding hydrogens is 328 g/mol. The second kappa shape index (κ2) is 9.42. The molecule has 7 heteroatoms. The first kappa shape index (κ1) is 17.6. The molecule has 0 fully saturated rings. The lowest BCUT2D eigenvalue weighted by molar-refractivity contribution is -0.118. The van der Waals surface area contributed by atoms with Crippen LogP contribution in [-0.4, -0.2) is 38.7 Å². The van der Waals surface area contributed by atoms with Crippen molar-refractivity contribution in [2.75, 3.05) is 18.1 Å². The van der Waals surface area contributed by atoms with Gasteiger partial charge in [-0.2, -0.15) is 0 Å². The number of hydrogen-bond donors (Lipinski definition) is 1. The normalized spacial score (nSPS) is 10.5. The Kier molecular flexibility index (Phi) is 7.22. The maximum Gasteiger partial charge on any atom is 0.230 e. The molecule has 122 valence electrons. The van der Waals surface area contributed by atoms with Crippen molar-refractivity contribution in [3.8, 4) is 0 Å². The Bertz CT molecular complexity index is 640. The van der Waals surface area contributed by atoms with E-state index in [0.29, 0.717) is 18.8 Å². The number of thioether (sulfide) groups is 2. The van der Waals surface area contributed by atoms with Crippen LogP contribution in [0.4, 0.5) is 0 Å². The molecular formula is C16H20N4OS2. The summed E-state index contributed by atoms with van der Waals surface area (Å²) in [7, 11) is 0. The molecule has 1 aromatic carbocycles. The van der Waals surface area contributed by atoms with Crippen molar-refractivity contribution in [3.05, 3.63) is 48.8 Å². The van der Waals surface area contributed by atoms with Gasteiger partial charge in [0.1, 0.15) is 6.33 Å². The first-order chi connectivity index (χ1) is 11.2. The Hall–Kier alpha value is -1.73. The molecule has 0 unspecified atom stereocenters. The molecule has 0 aliphatic heterocycles. The van der Waals surface area contributed by atoms with Gasteiger partial charge in [-0.05, 0) is 19.1 Å². The minimum absolute atomic E-state index is 0.00709. The summed E-state index contributed by atoms with van der Waals surface area (Å²) < 4.78 is 1.86. The zero-order valence-corrected chi connectivity index (χ0v) is 14.7. The quantitative estimate of drug-likeness (QED) is 0.429. The lowest BCUT2D eigenvalue weighted by atomic mass is 10.2. The van der Waals surface area contributed by atoms with Crippen LogP contribution in [0.25, 0.3) is 0 Å². The number of aryl methyl sites for hydroxylation is 1. The molecule has 1 amide bonds. The monoisotopic (exact) mass is 348 g/mol. The van der Waals surface area contributed by atoms with Crippen LogP contribution in [0.2, 0.25) is 0 Å². The molecule has 0 bridgehead atoms. The van der Waals surface area contributed by atoms with E-state index in [0.717, 1.165) is 10.9 Å². The van der Waals surface area contributed by atoms with Gasteiger partial charge in [0.25, 0.3) is 0 Å². The summed E-state index contributed by atoms with van der Waals surface area (Å²) in [6.07, 6.45) is 3.41. The molecule has 0 saturated carbocycles. The third-order valence-electron chi connectivity index (χ3n) is 2.95.